The van der Waals surface area contributed by atoms with Crippen LogP contribution in [0.4, 0.5) is 0 Å². The fourth-order valence-electron chi connectivity index (χ4n) is 2.36. The highest BCUT2D eigenvalue weighted by atomic mass is 16.5. The molecule has 3 heteroatoms. The van der Waals surface area contributed by atoms with E-state index in [4.69, 9.17) is 4.74 Å². The van der Waals surface area contributed by atoms with Gasteiger partial charge in [0.05, 0.1) is 0 Å². The maximum Gasteiger partial charge on any atom is 0.306 e. The van der Waals surface area contributed by atoms with Crippen LogP contribution in [0.25, 0.3) is 0 Å². The Morgan fingerprint density at radius 1 is 1.00 bits per heavy atom. The van der Waals surface area contributed by atoms with Gasteiger partial charge in [-0.1, -0.05) is 19.8 Å². The van der Waals surface area contributed by atoms with Gasteiger partial charge < -0.3 is 4.74 Å². The van der Waals surface area contributed by atoms with Gasteiger partial charge in [0.2, 0.25) is 0 Å². The van der Waals surface area contributed by atoms with Crippen LogP contribution in [-0.4, -0.2) is 17.9 Å². The number of hydrogen-bond acceptors (Lipinski definition) is 3. The minimum absolute atomic E-state index is 0.120. The zero-order valence-corrected chi connectivity index (χ0v) is 11.6. The van der Waals surface area contributed by atoms with Crippen LogP contribution in [0.15, 0.2) is 0 Å². The maximum atomic E-state index is 11.6. The lowest BCUT2D eigenvalue weighted by atomic mass is 9.98. The summed E-state index contributed by atoms with van der Waals surface area (Å²) >= 11 is 0. The van der Waals surface area contributed by atoms with Crippen LogP contribution in [-0.2, 0) is 14.3 Å². The van der Waals surface area contributed by atoms with Gasteiger partial charge >= 0.3 is 5.97 Å². The lowest BCUT2D eigenvalue weighted by Crippen LogP contribution is -2.20. The van der Waals surface area contributed by atoms with Gasteiger partial charge in [0.25, 0.3) is 0 Å². The maximum absolute atomic E-state index is 11.6. The summed E-state index contributed by atoms with van der Waals surface area (Å²) in [6, 6.07) is 0. The third-order valence-electron chi connectivity index (χ3n) is 3.50. The molecule has 0 aromatic carbocycles. The molecule has 0 spiro atoms. The Balaban J connectivity index is 2.04. The molecular weight excluding hydrogens is 228 g/mol. The van der Waals surface area contributed by atoms with E-state index in [0.29, 0.717) is 25.7 Å². The topological polar surface area (TPSA) is 43.4 Å². The number of ketones is 1. The second-order valence-electron chi connectivity index (χ2n) is 5.25. The Labute approximate surface area is 110 Å². The number of hydrogen-bond donors (Lipinski definition) is 0. The molecule has 1 aliphatic carbocycles. The molecule has 0 aromatic rings. The summed E-state index contributed by atoms with van der Waals surface area (Å²) in [5.74, 6) is 0.160. The van der Waals surface area contributed by atoms with E-state index in [-0.39, 0.29) is 17.9 Å². The van der Waals surface area contributed by atoms with E-state index in [2.05, 4.69) is 6.92 Å². The number of ether oxygens (including phenoxy) is 1. The van der Waals surface area contributed by atoms with Gasteiger partial charge in [-0.2, -0.15) is 0 Å². The summed E-state index contributed by atoms with van der Waals surface area (Å²) in [4.78, 5) is 23.0. The van der Waals surface area contributed by atoms with Crippen molar-refractivity contribution in [1.29, 1.82) is 0 Å². The van der Waals surface area contributed by atoms with Crippen molar-refractivity contribution >= 4 is 11.8 Å². The predicted octanol–water partition coefficient (Wildman–Crippen LogP) is 3.79. The highest BCUT2D eigenvalue weighted by Gasteiger charge is 2.17. The molecule has 0 heterocycles. The van der Waals surface area contributed by atoms with Crippen LogP contribution < -0.4 is 0 Å². The number of carbonyl (C=O) groups excluding carboxylic acids is 2. The molecule has 1 saturated carbocycles. The van der Waals surface area contributed by atoms with Crippen LogP contribution in [0.5, 0.6) is 0 Å². The van der Waals surface area contributed by atoms with E-state index < -0.39 is 0 Å². The Kier molecular flexibility index (Phi) is 7.70. The standard InChI is InChI=1S/C15H26O3/c1-2-3-8-13(16)9-7-12-15(17)18-14-10-5-4-6-11-14/h14H,2-12H2,1H3. The molecule has 18 heavy (non-hydrogen) atoms. The molecule has 0 unspecified atom stereocenters. The van der Waals surface area contributed by atoms with Crippen molar-refractivity contribution in [2.24, 2.45) is 0 Å². The molecule has 0 N–H and O–H groups in total. The second-order valence-corrected chi connectivity index (χ2v) is 5.25. The summed E-state index contributed by atoms with van der Waals surface area (Å²) < 4.78 is 5.40. The van der Waals surface area contributed by atoms with Crippen LogP contribution in [0, 0.1) is 0 Å². The highest BCUT2D eigenvalue weighted by molar-refractivity contribution is 5.79. The van der Waals surface area contributed by atoms with Crippen molar-refractivity contribution in [2.75, 3.05) is 0 Å². The number of esters is 1. The fraction of sp³-hybridized carbons (Fsp3) is 0.867. The summed E-state index contributed by atoms with van der Waals surface area (Å²) in [6.07, 6.45) is 10.0. The van der Waals surface area contributed by atoms with E-state index in [0.717, 1.165) is 25.7 Å². The van der Waals surface area contributed by atoms with Gasteiger partial charge in [-0.15, -0.1) is 0 Å². The predicted molar refractivity (Wildman–Crippen MR) is 71.3 cm³/mol. The lowest BCUT2D eigenvalue weighted by molar-refractivity contribution is -0.150. The molecule has 104 valence electrons. The minimum Gasteiger partial charge on any atom is -0.462 e. The summed E-state index contributed by atoms with van der Waals surface area (Å²) in [5, 5.41) is 0. The zero-order chi connectivity index (χ0) is 13.2. The molecule has 0 bridgehead atoms. The Morgan fingerprint density at radius 2 is 1.67 bits per heavy atom. The normalized spacial score (nSPS) is 16.5. The van der Waals surface area contributed by atoms with Crippen molar-refractivity contribution in [3.63, 3.8) is 0 Å². The van der Waals surface area contributed by atoms with Crippen molar-refractivity contribution in [3.05, 3.63) is 0 Å². The molecule has 0 atom stereocenters. The lowest BCUT2D eigenvalue weighted by Gasteiger charge is -2.21. The minimum atomic E-state index is -0.120. The third kappa shape index (κ3) is 6.77. The molecule has 1 aliphatic rings. The average molecular weight is 254 g/mol. The Bertz CT molecular complexity index is 254. The Hall–Kier alpha value is -0.860. The van der Waals surface area contributed by atoms with Gasteiger partial charge in [0, 0.05) is 19.3 Å². The first-order chi connectivity index (χ1) is 8.72. The monoisotopic (exact) mass is 254 g/mol. The molecule has 0 amide bonds. The number of rotatable bonds is 8. The molecule has 0 aromatic heterocycles. The largest absolute Gasteiger partial charge is 0.462 e. The SMILES string of the molecule is CCCCC(=O)CCCC(=O)OC1CCCCC1. The average Bonchev–Trinajstić information content (AvgIpc) is 2.37. The molecule has 0 radical (unpaired) electrons. The van der Waals surface area contributed by atoms with E-state index in [1.54, 1.807) is 0 Å². The summed E-state index contributed by atoms with van der Waals surface area (Å²) in [7, 11) is 0. The molecule has 1 fully saturated rings. The smallest absolute Gasteiger partial charge is 0.306 e. The van der Waals surface area contributed by atoms with Crippen LogP contribution in [0.1, 0.15) is 77.6 Å². The molecule has 3 nitrogen and oxygen atoms in total. The van der Waals surface area contributed by atoms with Gasteiger partial charge in [-0.3, -0.25) is 9.59 Å². The first-order valence-corrected chi connectivity index (χ1v) is 7.43. The van der Waals surface area contributed by atoms with Crippen LogP contribution >= 0.6 is 0 Å². The van der Waals surface area contributed by atoms with Gasteiger partial charge in [-0.25, -0.2) is 0 Å². The van der Waals surface area contributed by atoms with Crippen molar-refractivity contribution in [3.8, 4) is 0 Å². The molecule has 0 aliphatic heterocycles. The second kappa shape index (κ2) is 9.12. The number of carbonyl (C=O) groups is 2. The highest BCUT2D eigenvalue weighted by Crippen LogP contribution is 2.20. The molecule has 1 rings (SSSR count). The van der Waals surface area contributed by atoms with Gasteiger partial charge in [-0.05, 0) is 38.5 Å². The fourth-order valence-corrected chi connectivity index (χ4v) is 2.36. The molecular formula is C15H26O3. The summed E-state index contributed by atoms with van der Waals surface area (Å²) in [6.45, 7) is 2.08. The number of Topliss-reactive ketones (excluding diaryl/α,β-unsaturated/α-hetero) is 1. The van der Waals surface area contributed by atoms with E-state index in [1.807, 2.05) is 0 Å². The van der Waals surface area contributed by atoms with Crippen LogP contribution in [0.3, 0.4) is 0 Å². The number of unbranched alkanes of at least 4 members (excludes halogenated alkanes) is 1. The van der Waals surface area contributed by atoms with E-state index >= 15 is 0 Å². The van der Waals surface area contributed by atoms with E-state index in [9.17, 15) is 9.59 Å². The quantitative estimate of drug-likeness (QED) is 0.619. The van der Waals surface area contributed by atoms with Gasteiger partial charge in [0.1, 0.15) is 11.9 Å². The first-order valence-electron chi connectivity index (χ1n) is 7.43. The zero-order valence-electron chi connectivity index (χ0n) is 11.6. The Morgan fingerprint density at radius 3 is 2.33 bits per heavy atom. The van der Waals surface area contributed by atoms with E-state index in [1.165, 1.54) is 19.3 Å². The van der Waals surface area contributed by atoms with Crippen LogP contribution in [0.2, 0.25) is 0 Å². The van der Waals surface area contributed by atoms with Crippen molar-refractivity contribution < 1.29 is 14.3 Å². The summed E-state index contributed by atoms with van der Waals surface area (Å²) in [5.41, 5.74) is 0. The van der Waals surface area contributed by atoms with Crippen molar-refractivity contribution in [1.82, 2.24) is 0 Å². The van der Waals surface area contributed by atoms with Crippen molar-refractivity contribution in [2.45, 2.75) is 83.7 Å². The third-order valence-corrected chi connectivity index (χ3v) is 3.50. The first kappa shape index (κ1) is 15.2. The van der Waals surface area contributed by atoms with Gasteiger partial charge in [0.15, 0.2) is 0 Å². The molecule has 0 saturated heterocycles.